The van der Waals surface area contributed by atoms with Crippen LogP contribution in [-0.4, -0.2) is 4.57 Å². The van der Waals surface area contributed by atoms with Crippen LogP contribution in [0.2, 0.25) is 0 Å². The number of aryl methyl sites for hydroxylation is 2. The molecular weight excluding hydrogens is 620 g/mol. The van der Waals surface area contributed by atoms with Crippen LogP contribution in [0.5, 0.6) is 0 Å². The van der Waals surface area contributed by atoms with Crippen molar-refractivity contribution in [1.82, 2.24) is 4.57 Å². The second kappa shape index (κ2) is 13.7. The first kappa shape index (κ1) is 31.6. The fourth-order valence-corrected chi connectivity index (χ4v) is 14.1. The van der Waals surface area contributed by atoms with Crippen molar-refractivity contribution >= 4 is 57.6 Å². The molecule has 0 aliphatic rings. The smallest absolute Gasteiger partial charge is 0.0769 e. The van der Waals surface area contributed by atoms with Gasteiger partial charge in [0.05, 0.1) is 36.4 Å². The molecule has 3 nitrogen and oxygen atoms in total. The molecule has 0 saturated heterocycles. The summed E-state index contributed by atoms with van der Waals surface area (Å²) >= 11 is 0. The first-order valence-electron chi connectivity index (χ1n) is 16.3. The summed E-state index contributed by atoms with van der Waals surface area (Å²) < 4.78 is 14.2. The van der Waals surface area contributed by atoms with Crippen LogP contribution in [0.4, 0.5) is 11.4 Å². The van der Waals surface area contributed by atoms with Gasteiger partial charge in [-0.15, -0.1) is 0 Å². The molecule has 0 radical (unpaired) electrons. The van der Waals surface area contributed by atoms with Gasteiger partial charge < -0.3 is 4.57 Å². The lowest BCUT2D eigenvalue weighted by molar-refractivity contribution is 0.991. The van der Waals surface area contributed by atoms with E-state index in [0.29, 0.717) is 0 Å². The Morgan fingerprint density at radius 2 is 0.625 bits per heavy atom. The van der Waals surface area contributed by atoms with Crippen LogP contribution in [0.1, 0.15) is 11.1 Å². The van der Waals surface area contributed by atoms with Gasteiger partial charge in [0.1, 0.15) is 0 Å². The van der Waals surface area contributed by atoms with Gasteiger partial charge in [-0.1, -0.05) is 158 Å². The fraction of sp³-hybridized carbons (Fsp3) is 0.0698. The van der Waals surface area contributed by atoms with Crippen LogP contribution in [0.3, 0.4) is 0 Å². The first-order valence-corrected chi connectivity index (χ1v) is 19.8. The van der Waals surface area contributed by atoms with E-state index in [1.54, 1.807) is 0 Å². The number of aromatic nitrogens is 1. The van der Waals surface area contributed by atoms with Crippen molar-refractivity contribution in [3.63, 3.8) is 0 Å². The van der Waals surface area contributed by atoms with Gasteiger partial charge in [-0.25, -0.2) is 0 Å². The Labute approximate surface area is 284 Å². The maximum atomic E-state index is 5.87. The van der Waals surface area contributed by atoms with Crippen molar-refractivity contribution in [3.8, 4) is 0 Å². The minimum absolute atomic E-state index is 1.01. The zero-order chi connectivity index (χ0) is 33.0. The van der Waals surface area contributed by atoms with Crippen molar-refractivity contribution in [1.29, 1.82) is 0 Å². The minimum atomic E-state index is -2.60. The summed E-state index contributed by atoms with van der Waals surface area (Å²) in [5.74, 6) is 0. The Morgan fingerprint density at radius 3 is 0.917 bits per heavy atom. The Bertz CT molecular complexity index is 2020. The third-order valence-corrected chi connectivity index (χ3v) is 16.4. The molecule has 0 bridgehead atoms. The summed E-state index contributed by atoms with van der Waals surface area (Å²) in [5, 5.41) is 4.86. The highest BCUT2D eigenvalue weighted by Crippen LogP contribution is 2.53. The lowest BCUT2D eigenvalue weighted by Crippen LogP contribution is -2.35. The van der Waals surface area contributed by atoms with Crippen LogP contribution < -0.4 is 32.1 Å². The largest absolute Gasteiger partial charge is 0.341 e. The quantitative estimate of drug-likeness (QED) is 0.146. The first-order chi connectivity index (χ1) is 23.5. The predicted octanol–water partition coefficient (Wildman–Crippen LogP) is 9.26. The second-order valence-electron chi connectivity index (χ2n) is 12.0. The average Bonchev–Trinajstić information content (AvgIpc) is 3.54. The maximum absolute atomic E-state index is 5.87. The highest BCUT2D eigenvalue weighted by atomic mass is 31.2. The summed E-state index contributed by atoms with van der Waals surface area (Å²) in [7, 11) is -2.97. The fourth-order valence-electron chi connectivity index (χ4n) is 6.55. The predicted molar refractivity (Wildman–Crippen MR) is 209 cm³/mol. The van der Waals surface area contributed by atoms with E-state index in [2.05, 4.69) is 207 Å². The van der Waals surface area contributed by atoms with E-state index in [4.69, 9.17) is 9.49 Å². The lowest BCUT2D eigenvalue weighted by Gasteiger charge is -2.31. The zero-order valence-electron chi connectivity index (χ0n) is 27.6. The van der Waals surface area contributed by atoms with E-state index in [1.165, 1.54) is 32.1 Å². The monoisotopic (exact) mass is 659 g/mol. The van der Waals surface area contributed by atoms with Gasteiger partial charge in [-0.3, -0.25) is 9.49 Å². The third kappa shape index (κ3) is 5.64. The normalized spacial score (nSPS) is 11.6. The van der Waals surface area contributed by atoms with Crippen LogP contribution >= 0.6 is 14.1 Å². The molecular formula is C43H39N3P2. The molecule has 5 heteroatoms. The van der Waals surface area contributed by atoms with Crippen molar-refractivity contribution < 1.29 is 0 Å². The molecule has 1 heterocycles. The molecule has 0 spiro atoms. The Hall–Kier alpha value is -4.94. The molecule has 0 aliphatic heterocycles. The number of hydrogen-bond donors (Lipinski definition) is 0. The molecule has 236 valence electrons. The summed E-state index contributed by atoms with van der Waals surface area (Å²) in [6.45, 7) is 4.31. The number of hydrogen-bond acceptors (Lipinski definition) is 2. The SMILES string of the molecule is Cc1ccccc1N=P(c1ccccc1)(c1ccccc1)c1ccc(P(=Nc2ccccc2C)(c2ccccc2)c2ccccc2)n1C. The van der Waals surface area contributed by atoms with E-state index in [-0.39, 0.29) is 0 Å². The average molecular weight is 660 g/mol. The zero-order valence-corrected chi connectivity index (χ0v) is 29.3. The van der Waals surface area contributed by atoms with Crippen LogP contribution in [0.25, 0.3) is 0 Å². The molecule has 0 fully saturated rings. The molecule has 6 aromatic carbocycles. The molecule has 0 saturated carbocycles. The van der Waals surface area contributed by atoms with E-state index in [9.17, 15) is 0 Å². The van der Waals surface area contributed by atoms with Crippen LogP contribution in [0.15, 0.2) is 191 Å². The number of rotatable bonds is 8. The Kier molecular flexibility index (Phi) is 9.00. The van der Waals surface area contributed by atoms with Gasteiger partial charge >= 0.3 is 0 Å². The molecule has 1 aromatic heterocycles. The van der Waals surface area contributed by atoms with Crippen LogP contribution in [-0.2, 0) is 7.05 Å². The highest BCUT2D eigenvalue weighted by molar-refractivity contribution is 7.88. The van der Waals surface area contributed by atoms with E-state index in [1.807, 2.05) is 0 Å². The molecule has 7 rings (SSSR count). The lowest BCUT2D eigenvalue weighted by atomic mass is 10.2. The van der Waals surface area contributed by atoms with Gasteiger partial charge in [0.25, 0.3) is 0 Å². The molecule has 0 N–H and O–H groups in total. The van der Waals surface area contributed by atoms with Gasteiger partial charge in [0.2, 0.25) is 0 Å². The van der Waals surface area contributed by atoms with E-state index < -0.39 is 14.1 Å². The van der Waals surface area contributed by atoms with E-state index in [0.717, 1.165) is 22.5 Å². The minimum Gasteiger partial charge on any atom is -0.341 e. The molecule has 7 aromatic rings. The van der Waals surface area contributed by atoms with Gasteiger partial charge in [0, 0.05) is 28.3 Å². The molecule has 0 amide bonds. The molecule has 0 aliphatic carbocycles. The van der Waals surface area contributed by atoms with Gasteiger partial charge in [-0.05, 0) is 49.2 Å². The van der Waals surface area contributed by atoms with Crippen molar-refractivity contribution in [2.45, 2.75) is 13.8 Å². The molecule has 48 heavy (non-hydrogen) atoms. The number of benzene rings is 6. The van der Waals surface area contributed by atoms with Crippen LogP contribution in [0, 0.1) is 13.8 Å². The summed E-state index contributed by atoms with van der Waals surface area (Å²) in [4.78, 5) is 0. The number of nitrogens with zero attached hydrogens (tertiary/aromatic N) is 3. The topological polar surface area (TPSA) is 29.6 Å². The van der Waals surface area contributed by atoms with Crippen molar-refractivity contribution in [2.24, 2.45) is 16.5 Å². The summed E-state index contributed by atoms with van der Waals surface area (Å²) in [5.41, 5.74) is 6.72. The summed E-state index contributed by atoms with van der Waals surface area (Å²) in [6.07, 6.45) is 0. The third-order valence-electron chi connectivity index (χ3n) is 9.00. The second-order valence-corrected chi connectivity index (χ2v) is 17.9. The van der Waals surface area contributed by atoms with Gasteiger partial charge in [0.15, 0.2) is 0 Å². The van der Waals surface area contributed by atoms with E-state index >= 15 is 0 Å². The Morgan fingerprint density at radius 1 is 0.354 bits per heavy atom. The maximum Gasteiger partial charge on any atom is 0.0769 e. The standard InChI is InChI=1S/C43H39N3P2/c1-34-20-16-18-30-40(34)44-47(36-22-8-4-9-23-36,37-24-10-5-11-25-37)42-32-33-43(46(42)3)48(38-26-12-6-13-27-38,39-28-14-7-15-29-39)45-41-31-19-17-21-35(41)2/h4-33H,1-3H3. The van der Waals surface area contributed by atoms with Crippen molar-refractivity contribution in [3.05, 3.63) is 193 Å². The van der Waals surface area contributed by atoms with Gasteiger partial charge in [-0.2, -0.15) is 0 Å². The Balaban J connectivity index is 1.65. The summed E-state index contributed by atoms with van der Waals surface area (Å²) in [6, 6.07) is 65.2. The molecule has 0 unspecified atom stereocenters. The van der Waals surface area contributed by atoms with Crippen molar-refractivity contribution in [2.75, 3.05) is 0 Å². The highest BCUT2D eigenvalue weighted by Gasteiger charge is 2.36. The molecule has 0 atom stereocenters.